The summed E-state index contributed by atoms with van der Waals surface area (Å²) in [5.41, 5.74) is 0.733. The van der Waals surface area contributed by atoms with E-state index < -0.39 is 35.0 Å². The molecule has 2 bridgehead atoms. The molecule has 3 aromatic carbocycles. The highest BCUT2D eigenvalue weighted by atomic mass is 16.5. The molecule has 0 unspecified atom stereocenters. The Balaban J connectivity index is 1.68. The van der Waals surface area contributed by atoms with Gasteiger partial charge in [0, 0.05) is 16.7 Å². The fraction of sp³-hybridized carbons (Fsp3) is 0.417. The Morgan fingerprint density at radius 1 is 0.957 bits per heavy atom. The van der Waals surface area contributed by atoms with E-state index in [1.165, 1.54) is 33.3 Å². The monoisotopic (exact) mass is 642 g/mol. The fourth-order valence-corrected chi connectivity index (χ4v) is 8.15. The van der Waals surface area contributed by atoms with Crippen molar-refractivity contribution in [1.29, 1.82) is 0 Å². The van der Waals surface area contributed by atoms with Crippen molar-refractivity contribution in [2.45, 2.75) is 57.1 Å². The van der Waals surface area contributed by atoms with E-state index in [1.807, 2.05) is 43.3 Å². The number of benzene rings is 3. The summed E-state index contributed by atoms with van der Waals surface area (Å²) in [4.78, 5) is 37.9. The number of rotatable bonds is 8. The van der Waals surface area contributed by atoms with E-state index in [4.69, 9.17) is 30.3 Å². The first-order valence-corrected chi connectivity index (χ1v) is 15.3. The van der Waals surface area contributed by atoms with Crippen LogP contribution in [0.2, 0.25) is 0 Å². The first-order chi connectivity index (χ1) is 22.5. The molecule has 4 atom stereocenters. The van der Waals surface area contributed by atoms with Gasteiger partial charge in [-0.15, -0.1) is 0 Å². The second-order valence-corrected chi connectivity index (χ2v) is 12.5. The van der Waals surface area contributed by atoms with Crippen molar-refractivity contribution < 1.29 is 38.4 Å². The topological polar surface area (TPSA) is 111 Å². The van der Waals surface area contributed by atoms with Crippen molar-refractivity contribution in [2.24, 2.45) is 0 Å². The summed E-state index contributed by atoms with van der Waals surface area (Å²) in [7, 11) is 7.67. The summed E-state index contributed by atoms with van der Waals surface area (Å²) >= 11 is 0. The lowest BCUT2D eigenvalue weighted by Gasteiger charge is -2.60. The first-order valence-electron chi connectivity index (χ1n) is 15.3. The molecule has 246 valence electrons. The van der Waals surface area contributed by atoms with Crippen LogP contribution in [0.1, 0.15) is 62.7 Å². The molecule has 0 saturated carbocycles. The minimum atomic E-state index is -1.61. The quantitative estimate of drug-likeness (QED) is 0.364. The van der Waals surface area contributed by atoms with E-state index in [1.54, 1.807) is 25.8 Å². The van der Waals surface area contributed by atoms with Gasteiger partial charge >= 0.3 is 11.6 Å². The van der Waals surface area contributed by atoms with Gasteiger partial charge in [0.05, 0.1) is 65.7 Å². The maximum atomic E-state index is 15.3. The van der Waals surface area contributed by atoms with Crippen LogP contribution in [0.3, 0.4) is 0 Å². The number of amides is 1. The number of likely N-dealkylation sites (N-methyl/N-ethyl adjacent to an activating group) is 1. The Morgan fingerprint density at radius 3 is 2.19 bits per heavy atom. The molecule has 1 saturated heterocycles. The van der Waals surface area contributed by atoms with Crippen molar-refractivity contribution in [3.63, 3.8) is 0 Å². The molecule has 1 fully saturated rings. The van der Waals surface area contributed by atoms with Crippen LogP contribution in [0.5, 0.6) is 28.7 Å². The number of Topliss-reactive ketones (excluding diaryl/α,β-unsaturated/α-hetero) is 1. The summed E-state index contributed by atoms with van der Waals surface area (Å²) in [6.07, 6.45) is 0.0615. The number of ketones is 1. The predicted octanol–water partition coefficient (Wildman–Crippen LogP) is 4.99. The van der Waals surface area contributed by atoms with Gasteiger partial charge in [0.15, 0.2) is 28.8 Å². The van der Waals surface area contributed by atoms with Crippen molar-refractivity contribution in [2.75, 3.05) is 42.1 Å². The maximum absolute atomic E-state index is 15.3. The highest BCUT2D eigenvalue weighted by Crippen LogP contribution is 2.62. The van der Waals surface area contributed by atoms with Crippen LogP contribution in [0.4, 0.5) is 0 Å². The number of phenolic OH excluding ortho intramolecular Hbond substituents is 1. The molecule has 0 radical (unpaired) electrons. The second kappa shape index (κ2) is 11.5. The molecule has 3 aliphatic rings. The molecule has 6 rings (SSSR count). The van der Waals surface area contributed by atoms with Crippen LogP contribution in [0, 0.1) is 20.4 Å². The van der Waals surface area contributed by atoms with Crippen molar-refractivity contribution in [3.05, 3.63) is 80.2 Å². The van der Waals surface area contributed by atoms with Gasteiger partial charge in [0.2, 0.25) is 0 Å². The lowest BCUT2D eigenvalue weighted by atomic mass is 9.64. The number of aryl methyl sites for hydroxylation is 1. The molecule has 0 spiro atoms. The Kier molecular flexibility index (Phi) is 7.85. The molecule has 1 amide bonds. The predicted molar refractivity (Wildman–Crippen MR) is 174 cm³/mol. The number of ether oxygens (including phenoxy) is 5. The third-order valence-electron chi connectivity index (χ3n) is 10.2. The summed E-state index contributed by atoms with van der Waals surface area (Å²) in [5.74, 6) is 0.257. The maximum Gasteiger partial charge on any atom is 0.419 e. The number of piperazine rings is 1. The molecule has 0 aliphatic carbocycles. The van der Waals surface area contributed by atoms with E-state index in [0.717, 1.165) is 5.56 Å². The molecule has 11 nitrogen and oxygen atoms in total. The Morgan fingerprint density at radius 2 is 1.60 bits per heavy atom. The fourth-order valence-electron chi connectivity index (χ4n) is 8.15. The van der Waals surface area contributed by atoms with E-state index in [0.29, 0.717) is 45.1 Å². The summed E-state index contributed by atoms with van der Waals surface area (Å²) in [6, 6.07) is 9.73. The van der Waals surface area contributed by atoms with E-state index in [9.17, 15) is 5.11 Å². The van der Waals surface area contributed by atoms with E-state index in [-0.39, 0.29) is 36.7 Å². The van der Waals surface area contributed by atoms with E-state index >= 15 is 9.59 Å². The van der Waals surface area contributed by atoms with Crippen LogP contribution in [0.25, 0.3) is 4.85 Å². The minimum absolute atomic E-state index is 0.0185. The number of methoxy groups -OCH3 is 4. The summed E-state index contributed by atoms with van der Waals surface area (Å²) in [5, 5.41) is 11.8. The first kappa shape index (κ1) is 32.2. The molecule has 0 aromatic heterocycles. The van der Waals surface area contributed by atoms with Crippen LogP contribution in [-0.4, -0.2) is 79.9 Å². The molecular weight excluding hydrogens is 602 g/mol. The molecule has 47 heavy (non-hydrogen) atoms. The highest BCUT2D eigenvalue weighted by Gasteiger charge is 2.75. The van der Waals surface area contributed by atoms with Gasteiger partial charge in [0.25, 0.3) is 6.57 Å². The number of hydrogen-bond acceptors (Lipinski definition) is 9. The molecular formula is C36H40N3O8+. The van der Waals surface area contributed by atoms with Gasteiger partial charge in [-0.3, -0.25) is 9.59 Å². The molecule has 3 aliphatic heterocycles. The number of fused-ring (bicyclic) bond motifs is 7. The smallest absolute Gasteiger partial charge is 0.419 e. The molecule has 11 heteroatoms. The third-order valence-corrected chi connectivity index (χ3v) is 10.2. The molecule has 1 N–H and O–H groups in total. The van der Waals surface area contributed by atoms with Gasteiger partial charge < -0.3 is 33.7 Å². The minimum Gasteiger partial charge on any atom is -0.504 e. The Labute approximate surface area is 274 Å². The summed E-state index contributed by atoms with van der Waals surface area (Å²) < 4.78 is 29.6. The number of carbonyl (C=O) groups excluding carboxylic acids is 2. The largest absolute Gasteiger partial charge is 0.504 e. The number of phenols is 1. The van der Waals surface area contributed by atoms with Gasteiger partial charge in [-0.05, 0) is 44.5 Å². The average molecular weight is 643 g/mol. The van der Waals surface area contributed by atoms with Crippen molar-refractivity contribution >= 4 is 11.7 Å². The normalized spacial score (nSPS) is 24.5. The van der Waals surface area contributed by atoms with E-state index in [2.05, 4.69) is 4.85 Å². The third kappa shape index (κ3) is 4.17. The molecule has 3 aromatic rings. The molecule has 3 heterocycles. The highest BCUT2D eigenvalue weighted by molar-refractivity contribution is 6.13. The van der Waals surface area contributed by atoms with Gasteiger partial charge in [-0.25, -0.2) is 4.90 Å². The Bertz CT molecular complexity index is 1840. The van der Waals surface area contributed by atoms with Gasteiger partial charge in [-0.1, -0.05) is 41.2 Å². The number of nitrogens with zero attached hydrogens (tertiary/aromatic N) is 3. The van der Waals surface area contributed by atoms with Crippen molar-refractivity contribution in [1.82, 2.24) is 9.80 Å². The Hall–Kier alpha value is -4.79. The zero-order valence-electron chi connectivity index (χ0n) is 28.0. The number of hydrogen-bond donors (Lipinski definition) is 1. The van der Waals surface area contributed by atoms with Crippen molar-refractivity contribution in [3.8, 4) is 35.3 Å². The lowest BCUT2D eigenvalue weighted by Crippen LogP contribution is -2.78. The second-order valence-electron chi connectivity index (χ2n) is 12.5. The van der Waals surface area contributed by atoms with Crippen LogP contribution in [0.15, 0.2) is 36.4 Å². The lowest BCUT2D eigenvalue weighted by molar-refractivity contribution is -0.174. The van der Waals surface area contributed by atoms with Gasteiger partial charge in [0.1, 0.15) is 11.3 Å². The zero-order valence-corrected chi connectivity index (χ0v) is 28.0. The SMILES string of the molecule is C#[N+][C@@]12Cc3cc(C)c(OC)c(O)c3[C@@H](N1C)[C@@]1(C)C(=O)c3c(OC)c(C)c(OC)c(OC)c3[C@H](COCc3ccccc3)N1C2=O. The standard InChI is InChI=1S/C36H39N3O8/c1-19-15-22-16-36(37-4)34(42)39-23(18-47-17-21-13-11-10-12-14-21)25-26(29(44-7)20(2)30(45-8)31(25)46-9)33(41)35(39,3)32(38(36)5)24(22)27(40)28(19)43-6/h4,10-15,23,32H,16-18H2,1-3,5-9H3/p+1/t23-,32+,35-,36-/m0/s1. The van der Waals surface area contributed by atoms with Gasteiger partial charge in [-0.2, -0.15) is 0 Å². The summed E-state index contributed by atoms with van der Waals surface area (Å²) in [6.45, 7) is 11.7. The number of carbonyl (C=O) groups is 2. The number of aromatic hydroxyl groups is 1. The zero-order chi connectivity index (χ0) is 34.0. The van der Waals surface area contributed by atoms with Crippen LogP contribution < -0.4 is 18.9 Å². The van der Waals surface area contributed by atoms with Crippen LogP contribution >= 0.6 is 0 Å². The average Bonchev–Trinajstić information content (AvgIpc) is 3.06. The van der Waals surface area contributed by atoms with Crippen LogP contribution in [-0.2, 0) is 22.6 Å².